The molecule has 1 atom stereocenters. The van der Waals surface area contributed by atoms with Crippen molar-refractivity contribution < 1.29 is 19.3 Å². The average Bonchev–Trinajstić information content (AvgIpc) is 2.26. The summed E-state index contributed by atoms with van der Waals surface area (Å²) in [5, 5.41) is 14.5. The summed E-state index contributed by atoms with van der Waals surface area (Å²) in [4.78, 5) is 0. The van der Waals surface area contributed by atoms with Gasteiger partial charge in [0.1, 0.15) is 0 Å². The van der Waals surface area contributed by atoms with Crippen molar-refractivity contribution in [3.8, 4) is 0 Å². The van der Waals surface area contributed by atoms with Crippen LogP contribution in [0.15, 0.2) is 0 Å². The van der Waals surface area contributed by atoms with Gasteiger partial charge in [-0.1, -0.05) is 0 Å². The SMILES string of the molecule is CNC(O)NCCOCCOCCOC. The normalized spacial score (nSPS) is 13.0. The fraction of sp³-hybridized carbons (Fsp3) is 1.00. The fourth-order valence-electron chi connectivity index (χ4n) is 0.834. The molecule has 15 heavy (non-hydrogen) atoms. The summed E-state index contributed by atoms with van der Waals surface area (Å²) in [6.45, 7) is 3.47. The second kappa shape index (κ2) is 11.8. The van der Waals surface area contributed by atoms with Crippen molar-refractivity contribution in [3.63, 3.8) is 0 Å². The van der Waals surface area contributed by atoms with Crippen LogP contribution < -0.4 is 10.6 Å². The van der Waals surface area contributed by atoms with E-state index in [0.717, 1.165) is 0 Å². The smallest absolute Gasteiger partial charge is 0.160 e. The number of nitrogens with one attached hydrogen (secondary N) is 2. The Morgan fingerprint density at radius 3 is 2.27 bits per heavy atom. The van der Waals surface area contributed by atoms with Crippen molar-refractivity contribution >= 4 is 0 Å². The highest BCUT2D eigenvalue weighted by molar-refractivity contribution is 4.46. The molecule has 3 N–H and O–H groups in total. The van der Waals surface area contributed by atoms with Crippen LogP contribution in [-0.2, 0) is 14.2 Å². The van der Waals surface area contributed by atoms with Gasteiger partial charge in [-0.15, -0.1) is 0 Å². The summed E-state index contributed by atoms with van der Waals surface area (Å²) in [6, 6.07) is 0. The van der Waals surface area contributed by atoms with E-state index in [1.54, 1.807) is 14.2 Å². The molecule has 0 spiro atoms. The van der Waals surface area contributed by atoms with Gasteiger partial charge in [0.2, 0.25) is 0 Å². The van der Waals surface area contributed by atoms with E-state index in [4.69, 9.17) is 19.3 Å². The maximum atomic E-state index is 9.04. The molecule has 6 heteroatoms. The van der Waals surface area contributed by atoms with E-state index < -0.39 is 6.35 Å². The van der Waals surface area contributed by atoms with E-state index in [1.807, 2.05) is 0 Å². The Morgan fingerprint density at radius 1 is 1.07 bits per heavy atom. The van der Waals surface area contributed by atoms with Crippen LogP contribution in [0, 0.1) is 0 Å². The first kappa shape index (κ1) is 14.8. The quantitative estimate of drug-likeness (QED) is 0.300. The van der Waals surface area contributed by atoms with Gasteiger partial charge in [0.05, 0.1) is 33.0 Å². The van der Waals surface area contributed by atoms with Crippen molar-refractivity contribution in [1.82, 2.24) is 10.6 Å². The van der Waals surface area contributed by atoms with Crippen molar-refractivity contribution in [1.29, 1.82) is 0 Å². The Hall–Kier alpha value is -0.240. The van der Waals surface area contributed by atoms with Crippen LogP contribution in [0.2, 0.25) is 0 Å². The van der Waals surface area contributed by atoms with E-state index in [0.29, 0.717) is 39.6 Å². The number of rotatable bonds is 11. The highest BCUT2D eigenvalue weighted by Gasteiger charge is 1.96. The van der Waals surface area contributed by atoms with Crippen molar-refractivity contribution in [2.75, 3.05) is 53.7 Å². The summed E-state index contributed by atoms with van der Waals surface area (Å²) in [7, 11) is 3.31. The molecule has 0 radical (unpaired) electrons. The standard InChI is InChI=1S/C9H22N2O4/c1-10-9(12)11-3-4-14-7-8-15-6-5-13-2/h9-12H,3-8H2,1-2H3. The number of methoxy groups -OCH3 is 1. The zero-order chi connectivity index (χ0) is 11.4. The Kier molecular flexibility index (Phi) is 11.6. The number of aliphatic hydroxyl groups is 1. The Labute approximate surface area is 90.9 Å². The molecule has 6 nitrogen and oxygen atoms in total. The average molecular weight is 222 g/mol. The molecule has 0 aromatic carbocycles. The lowest BCUT2D eigenvalue weighted by atomic mass is 10.6. The van der Waals surface area contributed by atoms with Gasteiger partial charge in [-0.25, -0.2) is 0 Å². The molecule has 0 aliphatic rings. The third-order valence-electron chi connectivity index (χ3n) is 1.66. The van der Waals surface area contributed by atoms with Crippen LogP contribution in [0.5, 0.6) is 0 Å². The molecule has 0 fully saturated rings. The Bertz CT molecular complexity index is 127. The van der Waals surface area contributed by atoms with Gasteiger partial charge >= 0.3 is 0 Å². The molecule has 0 rings (SSSR count). The third kappa shape index (κ3) is 11.7. The number of aliphatic hydroxyl groups excluding tert-OH is 1. The van der Waals surface area contributed by atoms with Crippen LogP contribution in [0.1, 0.15) is 0 Å². The zero-order valence-electron chi connectivity index (χ0n) is 9.49. The van der Waals surface area contributed by atoms with Crippen LogP contribution in [0.25, 0.3) is 0 Å². The second-order valence-corrected chi connectivity index (χ2v) is 2.86. The largest absolute Gasteiger partial charge is 0.382 e. The van der Waals surface area contributed by atoms with Crippen LogP contribution in [0.3, 0.4) is 0 Å². The van der Waals surface area contributed by atoms with Gasteiger partial charge in [0, 0.05) is 13.7 Å². The molecule has 0 saturated carbocycles. The highest BCUT2D eigenvalue weighted by Crippen LogP contribution is 1.79. The second-order valence-electron chi connectivity index (χ2n) is 2.86. The van der Waals surface area contributed by atoms with Gasteiger partial charge < -0.3 is 19.3 Å². The van der Waals surface area contributed by atoms with Gasteiger partial charge in [-0.2, -0.15) is 0 Å². The first-order valence-electron chi connectivity index (χ1n) is 5.04. The minimum absolute atomic E-state index is 0.548. The van der Waals surface area contributed by atoms with Crippen LogP contribution in [-0.4, -0.2) is 65.2 Å². The molecular weight excluding hydrogens is 200 g/mol. The Balaban J connectivity index is 2.92. The third-order valence-corrected chi connectivity index (χ3v) is 1.66. The number of ether oxygens (including phenoxy) is 3. The molecule has 0 amide bonds. The van der Waals surface area contributed by atoms with E-state index in [1.165, 1.54) is 0 Å². The number of hydrogen-bond donors (Lipinski definition) is 3. The Morgan fingerprint density at radius 2 is 1.67 bits per heavy atom. The summed E-state index contributed by atoms with van der Waals surface area (Å²) < 4.78 is 15.2. The summed E-state index contributed by atoms with van der Waals surface area (Å²) in [6.07, 6.45) is -0.674. The van der Waals surface area contributed by atoms with Gasteiger partial charge in [-0.05, 0) is 7.05 Å². The van der Waals surface area contributed by atoms with E-state index in [2.05, 4.69) is 10.6 Å². The molecule has 0 aromatic heterocycles. The monoisotopic (exact) mass is 222 g/mol. The fourth-order valence-corrected chi connectivity index (χ4v) is 0.834. The lowest BCUT2D eigenvalue weighted by Crippen LogP contribution is -2.41. The first-order valence-corrected chi connectivity index (χ1v) is 5.04. The molecule has 0 aromatic rings. The van der Waals surface area contributed by atoms with Crippen molar-refractivity contribution in [2.24, 2.45) is 0 Å². The molecule has 1 unspecified atom stereocenters. The predicted molar refractivity (Wildman–Crippen MR) is 56.6 cm³/mol. The molecule has 0 heterocycles. The van der Waals surface area contributed by atoms with Crippen LogP contribution in [0.4, 0.5) is 0 Å². The maximum Gasteiger partial charge on any atom is 0.160 e. The molecule has 0 saturated heterocycles. The lowest BCUT2D eigenvalue weighted by Gasteiger charge is -2.11. The maximum absolute atomic E-state index is 9.04. The van der Waals surface area contributed by atoms with E-state index >= 15 is 0 Å². The van der Waals surface area contributed by atoms with Crippen molar-refractivity contribution in [3.05, 3.63) is 0 Å². The van der Waals surface area contributed by atoms with Gasteiger partial charge in [0.25, 0.3) is 0 Å². The zero-order valence-corrected chi connectivity index (χ0v) is 9.49. The first-order chi connectivity index (χ1) is 7.31. The van der Waals surface area contributed by atoms with E-state index in [9.17, 15) is 0 Å². The van der Waals surface area contributed by atoms with Crippen molar-refractivity contribution in [2.45, 2.75) is 6.35 Å². The minimum Gasteiger partial charge on any atom is -0.382 e. The van der Waals surface area contributed by atoms with Gasteiger partial charge in [0.15, 0.2) is 6.35 Å². The topological polar surface area (TPSA) is 72.0 Å². The van der Waals surface area contributed by atoms with E-state index in [-0.39, 0.29) is 0 Å². The molecule has 0 aliphatic heterocycles. The highest BCUT2D eigenvalue weighted by atomic mass is 16.5. The molecule has 0 bridgehead atoms. The van der Waals surface area contributed by atoms with Crippen LogP contribution >= 0.6 is 0 Å². The number of hydrogen-bond acceptors (Lipinski definition) is 6. The summed E-state index contributed by atoms with van der Waals surface area (Å²) in [5.74, 6) is 0. The molecule has 92 valence electrons. The summed E-state index contributed by atoms with van der Waals surface area (Å²) in [5.41, 5.74) is 0. The molecule has 0 aliphatic carbocycles. The summed E-state index contributed by atoms with van der Waals surface area (Å²) >= 11 is 0. The predicted octanol–water partition coefficient (Wildman–Crippen LogP) is -1.25. The van der Waals surface area contributed by atoms with Gasteiger partial charge in [-0.3, -0.25) is 10.6 Å². The lowest BCUT2D eigenvalue weighted by molar-refractivity contribution is 0.0214. The molecular formula is C9H22N2O4. The minimum atomic E-state index is -0.674.